The average molecular weight is 220 g/mol. The minimum atomic E-state index is -0.512. The van der Waals surface area contributed by atoms with E-state index in [1.54, 1.807) is 18.3 Å². The molecule has 4 heteroatoms. The number of anilines is 1. The molecule has 0 spiro atoms. The second kappa shape index (κ2) is 4.43. The molecular weight excluding hydrogens is 204 g/mol. The van der Waals surface area contributed by atoms with Crippen LogP contribution in [0.4, 0.5) is 5.69 Å². The molecule has 1 aromatic heterocycles. The molecule has 0 aliphatic heterocycles. The second-order valence-electron chi connectivity index (χ2n) is 4.66. The molecule has 1 heterocycles. The van der Waals surface area contributed by atoms with Gasteiger partial charge in [-0.25, -0.2) is 0 Å². The highest BCUT2D eigenvalue weighted by molar-refractivity contribution is 6.05. The molecule has 0 aliphatic rings. The van der Waals surface area contributed by atoms with Crippen molar-refractivity contribution >= 4 is 17.4 Å². The molecule has 16 heavy (non-hydrogen) atoms. The fourth-order valence-corrected chi connectivity index (χ4v) is 1.23. The van der Waals surface area contributed by atoms with Crippen molar-refractivity contribution in [1.82, 2.24) is 4.98 Å². The van der Waals surface area contributed by atoms with Crippen molar-refractivity contribution in [2.45, 2.75) is 27.7 Å². The number of carbonyl (C=O) groups is 2. The van der Waals surface area contributed by atoms with E-state index in [2.05, 4.69) is 10.3 Å². The van der Waals surface area contributed by atoms with Crippen LogP contribution in [0.15, 0.2) is 18.3 Å². The van der Waals surface area contributed by atoms with Gasteiger partial charge >= 0.3 is 0 Å². The minimum absolute atomic E-state index is 0.0862. The van der Waals surface area contributed by atoms with Gasteiger partial charge in [0, 0.05) is 18.5 Å². The van der Waals surface area contributed by atoms with E-state index in [1.807, 2.05) is 20.8 Å². The van der Waals surface area contributed by atoms with Gasteiger partial charge < -0.3 is 5.32 Å². The highest BCUT2D eigenvalue weighted by Crippen LogP contribution is 2.24. The van der Waals surface area contributed by atoms with Crippen molar-refractivity contribution in [1.29, 1.82) is 0 Å². The average Bonchev–Trinajstić information content (AvgIpc) is 2.15. The van der Waals surface area contributed by atoms with Crippen molar-refractivity contribution in [3.63, 3.8) is 0 Å². The Hall–Kier alpha value is -1.71. The summed E-state index contributed by atoms with van der Waals surface area (Å²) in [6.07, 6.45) is 1.55. The van der Waals surface area contributed by atoms with Gasteiger partial charge in [0.15, 0.2) is 5.78 Å². The molecule has 0 unspecified atom stereocenters. The first-order valence-electron chi connectivity index (χ1n) is 5.10. The second-order valence-corrected chi connectivity index (χ2v) is 4.66. The van der Waals surface area contributed by atoms with E-state index in [0.29, 0.717) is 11.4 Å². The zero-order valence-electron chi connectivity index (χ0n) is 10.00. The van der Waals surface area contributed by atoms with Crippen LogP contribution in [0.5, 0.6) is 0 Å². The van der Waals surface area contributed by atoms with Crippen LogP contribution in [0.25, 0.3) is 0 Å². The molecule has 0 bridgehead atoms. The molecule has 1 amide bonds. The smallest absolute Gasteiger partial charge is 0.221 e. The first-order chi connectivity index (χ1) is 7.32. The van der Waals surface area contributed by atoms with Crippen LogP contribution in [-0.2, 0) is 4.79 Å². The number of nitrogens with one attached hydrogen (secondary N) is 1. The van der Waals surface area contributed by atoms with Crippen molar-refractivity contribution in [2.75, 3.05) is 5.32 Å². The standard InChI is InChI=1S/C12H16N2O2/c1-8(15)14-9-6-5-7-13-10(9)11(16)12(2,3)4/h5-7H,1-4H3,(H,14,15). The Bertz CT molecular complexity index is 419. The number of hydrogen-bond acceptors (Lipinski definition) is 3. The lowest BCUT2D eigenvalue weighted by Gasteiger charge is -2.17. The number of Topliss-reactive ketones (excluding diaryl/α,β-unsaturated/α-hetero) is 1. The Morgan fingerprint density at radius 1 is 1.31 bits per heavy atom. The minimum Gasteiger partial charge on any atom is -0.324 e. The normalized spacial score (nSPS) is 11.0. The third-order valence-electron chi connectivity index (χ3n) is 2.01. The van der Waals surface area contributed by atoms with Gasteiger partial charge in [-0.1, -0.05) is 20.8 Å². The Balaban J connectivity index is 3.13. The van der Waals surface area contributed by atoms with Crippen LogP contribution >= 0.6 is 0 Å². The number of nitrogens with zero attached hydrogens (tertiary/aromatic N) is 1. The van der Waals surface area contributed by atoms with Gasteiger partial charge in [-0.3, -0.25) is 14.6 Å². The molecule has 0 saturated heterocycles. The summed E-state index contributed by atoms with van der Waals surface area (Å²) in [7, 11) is 0. The number of aromatic nitrogens is 1. The monoisotopic (exact) mass is 220 g/mol. The van der Waals surface area contributed by atoms with Gasteiger partial charge in [0.1, 0.15) is 5.69 Å². The number of amides is 1. The molecule has 0 aliphatic carbocycles. The summed E-state index contributed by atoms with van der Waals surface area (Å²) in [5.74, 6) is -0.298. The summed E-state index contributed by atoms with van der Waals surface area (Å²) in [5, 5.41) is 2.60. The van der Waals surface area contributed by atoms with Crippen LogP contribution in [0.1, 0.15) is 38.2 Å². The maximum Gasteiger partial charge on any atom is 0.221 e. The van der Waals surface area contributed by atoms with E-state index in [0.717, 1.165) is 0 Å². The molecule has 1 rings (SSSR count). The van der Waals surface area contributed by atoms with Crippen molar-refractivity contribution < 1.29 is 9.59 Å². The van der Waals surface area contributed by atoms with Gasteiger partial charge in [-0.2, -0.15) is 0 Å². The fourth-order valence-electron chi connectivity index (χ4n) is 1.23. The third kappa shape index (κ3) is 2.89. The Morgan fingerprint density at radius 3 is 2.44 bits per heavy atom. The highest BCUT2D eigenvalue weighted by Gasteiger charge is 2.26. The number of carbonyl (C=O) groups excluding carboxylic acids is 2. The van der Waals surface area contributed by atoms with E-state index >= 15 is 0 Å². The summed E-state index contributed by atoms with van der Waals surface area (Å²) >= 11 is 0. The number of pyridine rings is 1. The molecule has 0 aromatic carbocycles. The Labute approximate surface area is 95.1 Å². The zero-order valence-corrected chi connectivity index (χ0v) is 10.00. The first kappa shape index (κ1) is 12.4. The van der Waals surface area contributed by atoms with E-state index < -0.39 is 5.41 Å². The third-order valence-corrected chi connectivity index (χ3v) is 2.01. The Morgan fingerprint density at radius 2 is 1.94 bits per heavy atom. The first-order valence-corrected chi connectivity index (χ1v) is 5.10. The van der Waals surface area contributed by atoms with Crippen LogP contribution in [0.3, 0.4) is 0 Å². The van der Waals surface area contributed by atoms with Gasteiger partial charge in [-0.05, 0) is 12.1 Å². The van der Waals surface area contributed by atoms with Gasteiger partial charge in [0.2, 0.25) is 5.91 Å². The molecule has 86 valence electrons. The Kier molecular flexibility index (Phi) is 3.42. The molecule has 0 radical (unpaired) electrons. The fraction of sp³-hybridized carbons (Fsp3) is 0.417. The predicted molar refractivity (Wildman–Crippen MR) is 62.3 cm³/mol. The maximum absolute atomic E-state index is 12.1. The maximum atomic E-state index is 12.1. The predicted octanol–water partition coefficient (Wildman–Crippen LogP) is 2.27. The molecule has 1 N–H and O–H groups in total. The number of ketones is 1. The summed E-state index contributed by atoms with van der Waals surface area (Å²) < 4.78 is 0. The van der Waals surface area contributed by atoms with E-state index in [1.165, 1.54) is 6.92 Å². The highest BCUT2D eigenvalue weighted by atomic mass is 16.1. The lowest BCUT2D eigenvalue weighted by atomic mass is 9.88. The lowest BCUT2D eigenvalue weighted by Crippen LogP contribution is -2.23. The summed E-state index contributed by atoms with van der Waals surface area (Å²) in [6.45, 7) is 6.86. The molecule has 0 saturated carbocycles. The zero-order chi connectivity index (χ0) is 12.3. The molecule has 0 fully saturated rings. The summed E-state index contributed by atoms with van der Waals surface area (Å²) in [4.78, 5) is 27.1. The summed E-state index contributed by atoms with van der Waals surface area (Å²) in [5.41, 5.74) is 0.266. The van der Waals surface area contributed by atoms with Crippen LogP contribution in [0, 0.1) is 5.41 Å². The lowest BCUT2D eigenvalue weighted by molar-refractivity contribution is -0.114. The van der Waals surface area contributed by atoms with E-state index in [9.17, 15) is 9.59 Å². The van der Waals surface area contributed by atoms with Gasteiger partial charge in [0.25, 0.3) is 0 Å². The molecule has 4 nitrogen and oxygen atoms in total. The summed E-state index contributed by atoms with van der Waals surface area (Å²) in [6, 6.07) is 3.36. The SMILES string of the molecule is CC(=O)Nc1cccnc1C(=O)C(C)(C)C. The van der Waals surface area contributed by atoms with Gasteiger partial charge in [-0.15, -0.1) is 0 Å². The molecule has 0 atom stereocenters. The van der Waals surface area contributed by atoms with Gasteiger partial charge in [0.05, 0.1) is 5.69 Å². The van der Waals surface area contributed by atoms with Crippen LogP contribution < -0.4 is 5.32 Å². The van der Waals surface area contributed by atoms with E-state index in [-0.39, 0.29) is 11.7 Å². The van der Waals surface area contributed by atoms with Crippen molar-refractivity contribution in [3.05, 3.63) is 24.0 Å². The van der Waals surface area contributed by atoms with E-state index in [4.69, 9.17) is 0 Å². The number of rotatable bonds is 2. The topological polar surface area (TPSA) is 59.1 Å². The largest absolute Gasteiger partial charge is 0.324 e. The van der Waals surface area contributed by atoms with Crippen molar-refractivity contribution in [2.24, 2.45) is 5.41 Å². The van der Waals surface area contributed by atoms with Crippen LogP contribution in [0.2, 0.25) is 0 Å². The number of hydrogen-bond donors (Lipinski definition) is 1. The van der Waals surface area contributed by atoms with Crippen LogP contribution in [-0.4, -0.2) is 16.7 Å². The molecule has 1 aromatic rings. The quantitative estimate of drug-likeness (QED) is 0.778. The van der Waals surface area contributed by atoms with Crippen molar-refractivity contribution in [3.8, 4) is 0 Å². The molecular formula is C12H16N2O2.